The summed E-state index contributed by atoms with van der Waals surface area (Å²) < 4.78 is 0. The summed E-state index contributed by atoms with van der Waals surface area (Å²) >= 11 is 1.01. The zero-order valence-corrected chi connectivity index (χ0v) is 24.8. The molecule has 0 saturated heterocycles. The average molecular weight is 598 g/mol. The van der Waals surface area contributed by atoms with Gasteiger partial charge in [0, 0.05) is 23.3 Å². The van der Waals surface area contributed by atoms with E-state index in [1.165, 1.54) is 40.1 Å². The van der Waals surface area contributed by atoms with Crippen molar-refractivity contribution in [3.8, 4) is 0 Å². The lowest BCUT2D eigenvalue weighted by Crippen LogP contribution is -2.26. The number of carboxylic acid groups (broad SMARTS) is 1. The number of rotatable bonds is 7. The molecule has 0 radical (unpaired) electrons. The summed E-state index contributed by atoms with van der Waals surface area (Å²) in [6, 6.07) is 36.7. The highest BCUT2D eigenvalue weighted by Crippen LogP contribution is 2.52. The number of amidine groups is 1. The number of benzene rings is 4. The quantitative estimate of drug-likeness (QED) is 0.169. The van der Waals surface area contributed by atoms with Crippen LogP contribution in [0.3, 0.4) is 0 Å². The fraction of sp³-hybridized carbons (Fsp3) is 0.162. The van der Waals surface area contributed by atoms with Crippen LogP contribution in [-0.2, 0) is 9.59 Å². The van der Waals surface area contributed by atoms with Gasteiger partial charge in [0.1, 0.15) is 5.70 Å². The summed E-state index contributed by atoms with van der Waals surface area (Å²) in [5.74, 6) is -0.972. The van der Waals surface area contributed by atoms with Gasteiger partial charge in [-0.15, -0.1) is 0 Å². The highest BCUT2D eigenvalue weighted by atomic mass is 32.2. The van der Waals surface area contributed by atoms with E-state index < -0.39 is 5.97 Å². The molecule has 0 aromatic heterocycles. The van der Waals surface area contributed by atoms with Crippen molar-refractivity contribution in [1.29, 1.82) is 0 Å². The smallest absolute Gasteiger partial charge is 0.313 e. The Balaban J connectivity index is 1.18. The van der Waals surface area contributed by atoms with Crippen molar-refractivity contribution >= 4 is 57.9 Å². The number of fused-ring (bicyclic) bond motifs is 3. The van der Waals surface area contributed by atoms with Gasteiger partial charge >= 0.3 is 5.97 Å². The largest absolute Gasteiger partial charge is 0.481 e. The van der Waals surface area contributed by atoms with E-state index in [1.54, 1.807) is 6.08 Å². The van der Waals surface area contributed by atoms with Crippen molar-refractivity contribution in [2.24, 2.45) is 4.99 Å². The van der Waals surface area contributed by atoms with Crippen molar-refractivity contribution < 1.29 is 14.7 Å². The van der Waals surface area contributed by atoms with Crippen molar-refractivity contribution in [2.45, 2.75) is 31.2 Å². The van der Waals surface area contributed by atoms with Crippen molar-refractivity contribution in [1.82, 2.24) is 5.32 Å². The number of carbonyl (C=O) groups excluding carboxylic acids is 1. The number of carbonyl (C=O) groups is 2. The Morgan fingerprint density at radius 2 is 1.59 bits per heavy atom. The van der Waals surface area contributed by atoms with E-state index in [1.807, 2.05) is 18.2 Å². The minimum absolute atomic E-state index is 0.150. The molecule has 1 amide bonds. The van der Waals surface area contributed by atoms with Crippen molar-refractivity contribution in [2.75, 3.05) is 10.7 Å². The number of carboxylic acids is 1. The third-order valence-corrected chi connectivity index (χ3v) is 9.34. The highest BCUT2D eigenvalue weighted by molar-refractivity contribution is 8.14. The zero-order valence-electron chi connectivity index (χ0n) is 24.0. The van der Waals surface area contributed by atoms with Gasteiger partial charge in [-0.25, -0.2) is 4.99 Å². The maximum atomic E-state index is 12.5. The van der Waals surface area contributed by atoms with Gasteiger partial charge in [-0.3, -0.25) is 14.9 Å². The lowest BCUT2D eigenvalue weighted by Gasteiger charge is -2.27. The molecule has 1 aliphatic carbocycles. The lowest BCUT2D eigenvalue weighted by molar-refractivity contribution is -0.133. The maximum absolute atomic E-state index is 12.5. The molecule has 218 valence electrons. The van der Waals surface area contributed by atoms with Gasteiger partial charge in [-0.2, -0.15) is 0 Å². The van der Waals surface area contributed by atoms with E-state index in [-0.39, 0.29) is 11.7 Å². The summed E-state index contributed by atoms with van der Waals surface area (Å²) in [5.41, 5.74) is 9.64. The summed E-state index contributed by atoms with van der Waals surface area (Å²) in [6.07, 6.45) is 7.51. The van der Waals surface area contributed by atoms with Crippen LogP contribution in [0.25, 0.3) is 17.7 Å². The molecule has 3 aliphatic rings. The first kappa shape index (κ1) is 27.9. The number of nitrogens with zero attached hydrogens (tertiary/aromatic N) is 2. The van der Waals surface area contributed by atoms with Gasteiger partial charge in [0.2, 0.25) is 0 Å². The van der Waals surface area contributed by atoms with Crippen LogP contribution in [0.4, 0.5) is 11.4 Å². The van der Waals surface area contributed by atoms with Crippen LogP contribution in [0.1, 0.15) is 53.0 Å². The molecule has 2 atom stereocenters. The molecule has 6 nitrogen and oxygen atoms in total. The topological polar surface area (TPSA) is 82.0 Å². The predicted octanol–water partition coefficient (Wildman–Crippen LogP) is 7.71. The molecule has 44 heavy (non-hydrogen) atoms. The second kappa shape index (κ2) is 12.0. The first-order chi connectivity index (χ1) is 21.5. The van der Waals surface area contributed by atoms with Gasteiger partial charge in [0.25, 0.3) is 5.91 Å². The number of thioether (sulfide) groups is 1. The molecule has 2 aliphatic heterocycles. The fourth-order valence-electron chi connectivity index (χ4n) is 6.57. The molecule has 1 fully saturated rings. The fourth-order valence-corrected chi connectivity index (χ4v) is 7.16. The van der Waals surface area contributed by atoms with E-state index in [4.69, 9.17) is 5.11 Å². The highest BCUT2D eigenvalue weighted by Gasteiger charge is 2.42. The predicted molar refractivity (Wildman–Crippen MR) is 179 cm³/mol. The number of hydrogen-bond acceptors (Lipinski definition) is 5. The minimum Gasteiger partial charge on any atom is -0.481 e. The first-order valence-electron chi connectivity index (χ1n) is 14.9. The van der Waals surface area contributed by atoms with Gasteiger partial charge in [0.15, 0.2) is 5.17 Å². The van der Waals surface area contributed by atoms with E-state index >= 15 is 0 Å². The van der Waals surface area contributed by atoms with Crippen LogP contribution in [0.2, 0.25) is 0 Å². The second-order valence-corrected chi connectivity index (χ2v) is 12.2. The molecule has 2 N–H and O–H groups in total. The molecule has 2 unspecified atom stereocenters. The van der Waals surface area contributed by atoms with E-state index in [2.05, 4.69) is 106 Å². The zero-order chi connectivity index (χ0) is 30.0. The number of aliphatic carboxylic acids is 1. The van der Waals surface area contributed by atoms with Crippen molar-refractivity contribution in [3.63, 3.8) is 0 Å². The molecule has 2 heterocycles. The third kappa shape index (κ3) is 5.58. The van der Waals surface area contributed by atoms with Crippen LogP contribution in [0.15, 0.2) is 114 Å². The van der Waals surface area contributed by atoms with Crippen molar-refractivity contribution in [3.05, 3.63) is 137 Å². The SMILES string of the molecule is O=C(O)CSC1=N/C(=C\c2ccc3c(c2)C2CCCC2N3c2ccc(C=C(c3ccccc3)c3ccccc3)cc2)C(=O)N1. The maximum Gasteiger partial charge on any atom is 0.313 e. The summed E-state index contributed by atoms with van der Waals surface area (Å²) in [7, 11) is 0. The van der Waals surface area contributed by atoms with Gasteiger partial charge in [-0.05, 0) is 82.6 Å². The monoisotopic (exact) mass is 597 g/mol. The Morgan fingerprint density at radius 1 is 0.909 bits per heavy atom. The molecular weight excluding hydrogens is 566 g/mol. The Hall–Kier alpha value is -4.88. The summed E-state index contributed by atoms with van der Waals surface area (Å²) in [4.78, 5) is 30.2. The standard InChI is InChI=1S/C37H31N3O3S/c41-35(42)23-44-37-38-32(36(43)39-37)22-25-16-19-34-31(21-25)29-12-7-13-33(29)40(34)28-17-14-24(15-18-28)20-30(26-8-3-1-4-9-26)27-10-5-2-6-11-27/h1-6,8-11,14-22,29,33H,7,12-13,23H2,(H,41,42)(H,38,39,43)/b32-22-. The van der Waals surface area contributed by atoms with E-state index in [0.717, 1.165) is 35.7 Å². The molecule has 0 bridgehead atoms. The summed E-state index contributed by atoms with van der Waals surface area (Å²) in [6.45, 7) is 0. The number of hydrogen-bond donors (Lipinski definition) is 2. The van der Waals surface area contributed by atoms with E-state index in [0.29, 0.717) is 22.8 Å². The average Bonchev–Trinajstić information content (AvgIpc) is 3.74. The normalized spacial score (nSPS) is 19.4. The molecule has 7 rings (SSSR count). The van der Waals surface area contributed by atoms with E-state index in [9.17, 15) is 9.59 Å². The molecule has 1 saturated carbocycles. The Morgan fingerprint density at radius 3 is 2.27 bits per heavy atom. The van der Waals surface area contributed by atoms with Crippen LogP contribution < -0.4 is 10.2 Å². The summed E-state index contributed by atoms with van der Waals surface area (Å²) in [5, 5.41) is 11.9. The van der Waals surface area contributed by atoms with Gasteiger partial charge in [-0.1, -0.05) is 97.0 Å². The molecule has 4 aromatic rings. The Bertz CT molecular complexity index is 1770. The van der Waals surface area contributed by atoms with Crippen LogP contribution >= 0.6 is 11.8 Å². The number of anilines is 2. The van der Waals surface area contributed by atoms with Crippen LogP contribution in [0.5, 0.6) is 0 Å². The lowest BCUT2D eigenvalue weighted by atomic mass is 9.95. The van der Waals surface area contributed by atoms with Gasteiger partial charge in [0.05, 0.1) is 5.75 Å². The molecular formula is C37H31N3O3S. The van der Waals surface area contributed by atoms with Crippen LogP contribution in [0, 0.1) is 0 Å². The van der Waals surface area contributed by atoms with Gasteiger partial charge < -0.3 is 10.0 Å². The third-order valence-electron chi connectivity index (χ3n) is 8.48. The second-order valence-electron chi connectivity index (χ2n) is 11.3. The minimum atomic E-state index is -0.950. The van der Waals surface area contributed by atoms with Crippen LogP contribution in [-0.4, -0.2) is 33.9 Å². The molecule has 7 heteroatoms. The number of amides is 1. The Kier molecular flexibility index (Phi) is 7.62. The molecule has 4 aromatic carbocycles. The Labute approximate surface area is 260 Å². The first-order valence-corrected chi connectivity index (χ1v) is 15.8. The number of nitrogens with one attached hydrogen (secondary N) is 1. The number of aliphatic imine (C=N–C) groups is 1. The molecule has 0 spiro atoms.